The Balaban J connectivity index is 1.26. The first-order valence-corrected chi connectivity index (χ1v) is 10.1. The molecule has 1 N–H and O–H groups in total. The Hall–Kier alpha value is -1.10. The molecule has 4 rings (SSSR count). The summed E-state index contributed by atoms with van der Waals surface area (Å²) < 4.78 is 5.97. The number of rotatable bonds is 6. The molecule has 1 aliphatic carbocycles. The summed E-state index contributed by atoms with van der Waals surface area (Å²) in [6, 6.07) is 12.0. The van der Waals surface area contributed by atoms with Gasteiger partial charge in [-0.2, -0.15) is 0 Å². The molecule has 0 amide bonds. The van der Waals surface area contributed by atoms with Crippen LogP contribution in [0.5, 0.6) is 0 Å². The Labute approximate surface area is 151 Å². The van der Waals surface area contributed by atoms with Gasteiger partial charge in [-0.3, -0.25) is 4.90 Å². The molecule has 1 aromatic rings. The molecule has 2 saturated heterocycles. The molecular weight excluding hydrogens is 312 g/mol. The number of piperidine rings is 1. The number of hydrogen-bond donors (Lipinski definition) is 1. The zero-order chi connectivity index (χ0) is 17.1. The van der Waals surface area contributed by atoms with Gasteiger partial charge in [0.15, 0.2) is 0 Å². The highest BCUT2D eigenvalue weighted by Crippen LogP contribution is 2.33. The minimum atomic E-state index is -0.357. The molecule has 0 radical (unpaired) electrons. The Morgan fingerprint density at radius 2 is 1.84 bits per heavy atom. The van der Waals surface area contributed by atoms with Crippen LogP contribution < -0.4 is 4.90 Å². The van der Waals surface area contributed by atoms with Gasteiger partial charge in [0.05, 0.1) is 18.8 Å². The van der Waals surface area contributed by atoms with Gasteiger partial charge in [-0.25, -0.2) is 0 Å². The lowest BCUT2D eigenvalue weighted by Gasteiger charge is -2.34. The summed E-state index contributed by atoms with van der Waals surface area (Å²) in [6.45, 7) is 3.44. The number of benzene rings is 1. The van der Waals surface area contributed by atoms with Crippen LogP contribution in [0.1, 0.15) is 44.9 Å². The van der Waals surface area contributed by atoms with Gasteiger partial charge in [-0.05, 0) is 37.8 Å². The molecule has 4 nitrogen and oxygen atoms in total. The van der Waals surface area contributed by atoms with Crippen molar-refractivity contribution >= 4 is 5.69 Å². The first-order valence-electron chi connectivity index (χ1n) is 10.1. The minimum Gasteiger partial charge on any atom is -0.389 e. The fraction of sp³-hybridized carbons (Fsp3) is 0.714. The molecule has 25 heavy (non-hydrogen) atoms. The van der Waals surface area contributed by atoms with Crippen molar-refractivity contribution in [1.82, 2.24) is 4.90 Å². The molecule has 0 spiro atoms. The van der Waals surface area contributed by atoms with E-state index in [2.05, 4.69) is 40.1 Å². The number of hydrogen-bond acceptors (Lipinski definition) is 4. The van der Waals surface area contributed by atoms with Gasteiger partial charge < -0.3 is 14.7 Å². The average molecular weight is 344 g/mol. The summed E-state index contributed by atoms with van der Waals surface area (Å²) in [6.07, 6.45) is 8.71. The molecule has 3 atom stereocenters. The number of aliphatic hydroxyl groups is 1. The lowest BCUT2D eigenvalue weighted by Crippen LogP contribution is -2.45. The number of anilines is 1. The predicted octanol–water partition coefficient (Wildman–Crippen LogP) is 3.05. The van der Waals surface area contributed by atoms with Crippen LogP contribution in [0.25, 0.3) is 0 Å². The second-order valence-electron chi connectivity index (χ2n) is 8.06. The summed E-state index contributed by atoms with van der Waals surface area (Å²) >= 11 is 0. The van der Waals surface area contributed by atoms with Crippen LogP contribution in [0.3, 0.4) is 0 Å². The van der Waals surface area contributed by atoms with Crippen molar-refractivity contribution in [3.63, 3.8) is 0 Å². The smallest absolute Gasteiger partial charge is 0.0900 e. The first-order chi connectivity index (χ1) is 12.3. The third-order valence-corrected chi connectivity index (χ3v) is 6.27. The quantitative estimate of drug-likeness (QED) is 0.860. The standard InChI is InChI=1S/C21H32N2O2/c24-20(16-25-21-9-5-2-6-10-21)15-22-12-11-18-13-19(22)14-23(18)17-7-3-1-4-8-17/h1,3-4,7-8,18-21,24H,2,5-6,9-16H2/t18-,19+,20?/m1/s1. The second-order valence-corrected chi connectivity index (χ2v) is 8.06. The molecular formula is C21H32N2O2. The van der Waals surface area contributed by atoms with Crippen LogP contribution in [0.2, 0.25) is 0 Å². The maximum absolute atomic E-state index is 10.5. The zero-order valence-corrected chi connectivity index (χ0v) is 15.2. The molecule has 1 saturated carbocycles. The first kappa shape index (κ1) is 17.3. The Morgan fingerprint density at radius 3 is 2.64 bits per heavy atom. The molecule has 3 aliphatic rings. The van der Waals surface area contributed by atoms with E-state index < -0.39 is 0 Å². The third kappa shape index (κ3) is 4.18. The van der Waals surface area contributed by atoms with Crippen LogP contribution in [-0.2, 0) is 4.74 Å². The van der Waals surface area contributed by atoms with E-state index in [-0.39, 0.29) is 6.10 Å². The van der Waals surface area contributed by atoms with Gasteiger partial charge in [-0.1, -0.05) is 37.5 Å². The van der Waals surface area contributed by atoms with Gasteiger partial charge in [0.1, 0.15) is 0 Å². The van der Waals surface area contributed by atoms with Crippen LogP contribution >= 0.6 is 0 Å². The Bertz CT molecular complexity index is 532. The fourth-order valence-electron chi connectivity index (χ4n) is 4.91. The Morgan fingerprint density at radius 1 is 1.04 bits per heavy atom. The monoisotopic (exact) mass is 344 g/mol. The molecule has 3 fully saturated rings. The predicted molar refractivity (Wildman–Crippen MR) is 101 cm³/mol. The number of likely N-dealkylation sites (tertiary alicyclic amines) is 1. The van der Waals surface area contributed by atoms with E-state index in [1.165, 1.54) is 50.6 Å². The largest absolute Gasteiger partial charge is 0.389 e. The fourth-order valence-corrected chi connectivity index (χ4v) is 4.91. The number of para-hydroxylation sites is 1. The van der Waals surface area contributed by atoms with Crippen molar-refractivity contribution in [3.8, 4) is 0 Å². The lowest BCUT2D eigenvalue weighted by atomic mass is 9.98. The van der Waals surface area contributed by atoms with Crippen LogP contribution in [0, 0.1) is 0 Å². The zero-order valence-electron chi connectivity index (χ0n) is 15.2. The van der Waals surface area contributed by atoms with E-state index >= 15 is 0 Å². The van der Waals surface area contributed by atoms with Crippen LogP contribution in [0.15, 0.2) is 30.3 Å². The number of ether oxygens (including phenoxy) is 1. The molecule has 4 heteroatoms. The van der Waals surface area contributed by atoms with Crippen LogP contribution in [-0.4, -0.2) is 60.5 Å². The second kappa shape index (κ2) is 8.07. The molecule has 2 heterocycles. The summed E-state index contributed by atoms with van der Waals surface area (Å²) in [5, 5.41) is 10.5. The summed E-state index contributed by atoms with van der Waals surface area (Å²) in [5.74, 6) is 0. The number of aliphatic hydroxyl groups excluding tert-OH is 1. The van der Waals surface area contributed by atoms with E-state index in [0.717, 1.165) is 19.6 Å². The molecule has 2 aliphatic heterocycles. The van der Waals surface area contributed by atoms with Gasteiger partial charge in [-0.15, -0.1) is 0 Å². The molecule has 0 aromatic heterocycles. The summed E-state index contributed by atoms with van der Waals surface area (Å²) in [5.41, 5.74) is 1.35. The number of fused-ring (bicyclic) bond motifs is 2. The van der Waals surface area contributed by atoms with E-state index in [9.17, 15) is 5.11 Å². The van der Waals surface area contributed by atoms with Gasteiger partial charge in [0.2, 0.25) is 0 Å². The van der Waals surface area contributed by atoms with E-state index in [4.69, 9.17) is 4.74 Å². The average Bonchev–Trinajstić information content (AvgIpc) is 3.02. The molecule has 1 unspecified atom stereocenters. The highest BCUT2D eigenvalue weighted by molar-refractivity contribution is 5.49. The SMILES string of the molecule is OC(COC1CCCCC1)CN1CC[C@@H]2C[C@H]1CN2c1ccccc1. The van der Waals surface area contributed by atoms with E-state index in [0.29, 0.717) is 24.8 Å². The van der Waals surface area contributed by atoms with Crippen molar-refractivity contribution in [2.75, 3.05) is 31.1 Å². The van der Waals surface area contributed by atoms with Crippen molar-refractivity contribution in [3.05, 3.63) is 30.3 Å². The van der Waals surface area contributed by atoms with Crippen molar-refractivity contribution in [1.29, 1.82) is 0 Å². The van der Waals surface area contributed by atoms with Crippen molar-refractivity contribution < 1.29 is 9.84 Å². The lowest BCUT2D eigenvalue weighted by molar-refractivity contribution is -0.0378. The highest BCUT2D eigenvalue weighted by Gasteiger charge is 2.39. The van der Waals surface area contributed by atoms with E-state index in [1.54, 1.807) is 0 Å². The Kier molecular flexibility index (Phi) is 5.59. The van der Waals surface area contributed by atoms with Crippen LogP contribution in [0.4, 0.5) is 5.69 Å². The highest BCUT2D eigenvalue weighted by atomic mass is 16.5. The number of nitrogens with zero attached hydrogens (tertiary/aromatic N) is 2. The van der Waals surface area contributed by atoms with Gasteiger partial charge >= 0.3 is 0 Å². The van der Waals surface area contributed by atoms with Gasteiger partial charge in [0.25, 0.3) is 0 Å². The van der Waals surface area contributed by atoms with E-state index in [1.807, 2.05) is 0 Å². The molecule has 1 aromatic carbocycles. The molecule has 138 valence electrons. The van der Waals surface area contributed by atoms with Crippen molar-refractivity contribution in [2.45, 2.75) is 69.2 Å². The number of β-amino-alcohol motifs (C(OH)–C–C–N with tert-alkyl or cyclic N) is 1. The normalized spacial score (nSPS) is 29.1. The maximum atomic E-state index is 10.5. The summed E-state index contributed by atoms with van der Waals surface area (Å²) in [4.78, 5) is 5.06. The topological polar surface area (TPSA) is 35.9 Å². The van der Waals surface area contributed by atoms with Crippen molar-refractivity contribution in [2.24, 2.45) is 0 Å². The third-order valence-electron chi connectivity index (χ3n) is 6.27. The maximum Gasteiger partial charge on any atom is 0.0900 e. The summed E-state index contributed by atoms with van der Waals surface area (Å²) in [7, 11) is 0. The van der Waals surface area contributed by atoms with Gasteiger partial charge in [0, 0.05) is 37.4 Å². The minimum absolute atomic E-state index is 0.357. The molecule has 2 bridgehead atoms.